The maximum atomic E-state index is 12.5. The Kier molecular flexibility index (Phi) is 5.36. The van der Waals surface area contributed by atoms with Crippen molar-refractivity contribution in [3.05, 3.63) is 48.0 Å². The van der Waals surface area contributed by atoms with Gasteiger partial charge in [-0.15, -0.1) is 6.58 Å². The highest BCUT2D eigenvalue weighted by Crippen LogP contribution is 2.13. The monoisotopic (exact) mass is 272 g/mol. The van der Waals surface area contributed by atoms with Crippen LogP contribution in [0.1, 0.15) is 31.7 Å². The molecule has 1 aliphatic heterocycles. The van der Waals surface area contributed by atoms with E-state index in [-0.39, 0.29) is 11.9 Å². The molecule has 1 heterocycles. The molecule has 1 atom stereocenters. The third-order valence-corrected chi connectivity index (χ3v) is 3.66. The lowest BCUT2D eigenvalue weighted by atomic mass is 10.1. The smallest absolute Gasteiger partial charge is 0.240 e. The Bertz CT molecular complexity index is 449. The Morgan fingerprint density at radius 2 is 1.95 bits per heavy atom. The van der Waals surface area contributed by atoms with Crippen molar-refractivity contribution in [3.63, 3.8) is 0 Å². The molecule has 1 aromatic rings. The van der Waals surface area contributed by atoms with Crippen LogP contribution in [0, 0.1) is 0 Å². The topological polar surface area (TPSA) is 32.3 Å². The molecule has 0 unspecified atom stereocenters. The fourth-order valence-electron chi connectivity index (χ4n) is 2.59. The van der Waals surface area contributed by atoms with Gasteiger partial charge in [-0.2, -0.15) is 0 Å². The van der Waals surface area contributed by atoms with Crippen LogP contribution in [0.15, 0.2) is 42.5 Å². The summed E-state index contributed by atoms with van der Waals surface area (Å²) in [6.07, 6.45) is 2.97. The summed E-state index contributed by atoms with van der Waals surface area (Å²) in [4.78, 5) is 14.5. The van der Waals surface area contributed by atoms with Gasteiger partial charge in [0.15, 0.2) is 0 Å². The van der Waals surface area contributed by atoms with Crippen LogP contribution in [0.3, 0.4) is 0 Å². The van der Waals surface area contributed by atoms with Crippen molar-refractivity contribution in [1.29, 1.82) is 0 Å². The second-order valence-corrected chi connectivity index (χ2v) is 5.61. The zero-order chi connectivity index (χ0) is 14.4. The van der Waals surface area contributed by atoms with E-state index >= 15 is 0 Å². The minimum Gasteiger partial charge on any atom is -0.341 e. The Balaban J connectivity index is 1.95. The summed E-state index contributed by atoms with van der Waals surface area (Å²) in [7, 11) is 0. The molecule has 2 rings (SSSR count). The zero-order valence-electron chi connectivity index (χ0n) is 12.3. The molecule has 3 heteroatoms. The highest BCUT2D eigenvalue weighted by Gasteiger charge is 2.25. The van der Waals surface area contributed by atoms with Crippen molar-refractivity contribution in [2.75, 3.05) is 13.1 Å². The standard InChI is InChI=1S/C17H24N2O/c1-14(2)12-16(17(20)19-10-6-7-11-19)18-13-15-8-4-3-5-9-15/h3-5,8-9,16,18H,1,6-7,10-13H2,2H3/t16-/m1/s1. The number of carbonyl (C=O) groups excluding carboxylic acids is 1. The van der Waals surface area contributed by atoms with E-state index in [1.165, 1.54) is 5.56 Å². The lowest BCUT2D eigenvalue weighted by molar-refractivity contribution is -0.132. The summed E-state index contributed by atoms with van der Waals surface area (Å²) < 4.78 is 0. The summed E-state index contributed by atoms with van der Waals surface area (Å²) in [6.45, 7) is 8.45. The number of carbonyl (C=O) groups is 1. The third-order valence-electron chi connectivity index (χ3n) is 3.66. The fourth-order valence-corrected chi connectivity index (χ4v) is 2.59. The van der Waals surface area contributed by atoms with E-state index in [2.05, 4.69) is 24.0 Å². The highest BCUT2D eigenvalue weighted by atomic mass is 16.2. The summed E-state index contributed by atoms with van der Waals surface area (Å²) in [5, 5.41) is 3.39. The van der Waals surface area contributed by atoms with E-state index < -0.39 is 0 Å². The van der Waals surface area contributed by atoms with E-state index in [1.54, 1.807) is 0 Å². The van der Waals surface area contributed by atoms with E-state index in [0.29, 0.717) is 6.42 Å². The number of likely N-dealkylation sites (tertiary alicyclic amines) is 1. The average Bonchev–Trinajstić information content (AvgIpc) is 2.97. The first-order valence-corrected chi connectivity index (χ1v) is 7.37. The van der Waals surface area contributed by atoms with Crippen molar-refractivity contribution in [2.24, 2.45) is 0 Å². The van der Waals surface area contributed by atoms with Gasteiger partial charge in [-0.05, 0) is 31.7 Å². The van der Waals surface area contributed by atoms with Gasteiger partial charge in [0.05, 0.1) is 6.04 Å². The van der Waals surface area contributed by atoms with Crippen LogP contribution in [-0.4, -0.2) is 29.9 Å². The molecule has 1 aromatic carbocycles. The molecule has 1 saturated heterocycles. The molecule has 1 amide bonds. The lowest BCUT2D eigenvalue weighted by Crippen LogP contribution is -2.45. The van der Waals surface area contributed by atoms with Gasteiger partial charge in [0, 0.05) is 19.6 Å². The molecule has 0 aromatic heterocycles. The molecule has 1 fully saturated rings. The highest BCUT2D eigenvalue weighted by molar-refractivity contribution is 5.82. The minimum absolute atomic E-state index is 0.147. The average molecular weight is 272 g/mol. The van der Waals surface area contributed by atoms with E-state index in [1.807, 2.05) is 30.0 Å². The van der Waals surface area contributed by atoms with Crippen LogP contribution in [0.4, 0.5) is 0 Å². The van der Waals surface area contributed by atoms with E-state index in [9.17, 15) is 4.79 Å². The number of nitrogens with one attached hydrogen (secondary N) is 1. The fraction of sp³-hybridized carbons (Fsp3) is 0.471. The number of nitrogens with zero attached hydrogens (tertiary/aromatic N) is 1. The summed E-state index contributed by atoms with van der Waals surface area (Å²) >= 11 is 0. The number of hydrogen-bond donors (Lipinski definition) is 1. The maximum absolute atomic E-state index is 12.5. The first kappa shape index (κ1) is 14.8. The van der Waals surface area contributed by atoms with Gasteiger partial charge in [-0.1, -0.05) is 35.9 Å². The van der Waals surface area contributed by atoms with E-state index in [0.717, 1.165) is 38.0 Å². The van der Waals surface area contributed by atoms with Crippen molar-refractivity contribution in [1.82, 2.24) is 10.2 Å². The van der Waals surface area contributed by atoms with Crippen molar-refractivity contribution < 1.29 is 4.79 Å². The minimum atomic E-state index is -0.147. The van der Waals surface area contributed by atoms with Crippen molar-refractivity contribution in [2.45, 2.75) is 38.8 Å². The molecule has 0 spiro atoms. The Labute approximate surface area is 121 Å². The summed E-state index contributed by atoms with van der Waals surface area (Å²) in [6, 6.07) is 10.0. The first-order chi connectivity index (χ1) is 9.66. The third kappa shape index (κ3) is 4.20. The largest absolute Gasteiger partial charge is 0.341 e. The van der Waals surface area contributed by atoms with Crippen LogP contribution in [0.2, 0.25) is 0 Å². The summed E-state index contributed by atoms with van der Waals surface area (Å²) in [5.41, 5.74) is 2.25. The molecule has 20 heavy (non-hydrogen) atoms. The summed E-state index contributed by atoms with van der Waals surface area (Å²) in [5.74, 6) is 0.224. The number of rotatable bonds is 6. The Morgan fingerprint density at radius 3 is 2.55 bits per heavy atom. The van der Waals surface area contributed by atoms with Gasteiger partial charge in [-0.25, -0.2) is 0 Å². The van der Waals surface area contributed by atoms with Gasteiger partial charge in [0.25, 0.3) is 0 Å². The predicted molar refractivity (Wildman–Crippen MR) is 82.3 cm³/mol. The molecular weight excluding hydrogens is 248 g/mol. The number of amides is 1. The van der Waals surface area contributed by atoms with Crippen molar-refractivity contribution in [3.8, 4) is 0 Å². The predicted octanol–water partition coefficient (Wildman–Crippen LogP) is 2.73. The van der Waals surface area contributed by atoms with Crippen molar-refractivity contribution >= 4 is 5.91 Å². The van der Waals surface area contributed by atoms with Crippen LogP contribution in [-0.2, 0) is 11.3 Å². The van der Waals surface area contributed by atoms with Gasteiger partial charge in [0.1, 0.15) is 0 Å². The molecule has 0 radical (unpaired) electrons. The van der Waals surface area contributed by atoms with Crippen LogP contribution < -0.4 is 5.32 Å². The molecule has 0 saturated carbocycles. The number of benzene rings is 1. The molecule has 0 aliphatic carbocycles. The number of hydrogen-bond acceptors (Lipinski definition) is 2. The van der Waals surface area contributed by atoms with E-state index in [4.69, 9.17) is 0 Å². The van der Waals surface area contributed by atoms with Crippen LogP contribution in [0.25, 0.3) is 0 Å². The first-order valence-electron chi connectivity index (χ1n) is 7.37. The second-order valence-electron chi connectivity index (χ2n) is 5.61. The van der Waals surface area contributed by atoms with Gasteiger partial charge < -0.3 is 10.2 Å². The molecule has 108 valence electrons. The normalized spacial score (nSPS) is 16.1. The molecule has 1 N–H and O–H groups in total. The molecule has 0 bridgehead atoms. The quantitative estimate of drug-likeness (QED) is 0.808. The van der Waals surface area contributed by atoms with Gasteiger partial charge >= 0.3 is 0 Å². The molecular formula is C17H24N2O. The van der Waals surface area contributed by atoms with Gasteiger partial charge in [0.2, 0.25) is 5.91 Å². The molecule has 1 aliphatic rings. The van der Waals surface area contributed by atoms with Crippen LogP contribution in [0.5, 0.6) is 0 Å². The van der Waals surface area contributed by atoms with Gasteiger partial charge in [-0.3, -0.25) is 4.79 Å². The maximum Gasteiger partial charge on any atom is 0.240 e. The molecule has 3 nitrogen and oxygen atoms in total. The zero-order valence-corrected chi connectivity index (χ0v) is 12.3. The Morgan fingerprint density at radius 1 is 1.30 bits per heavy atom. The lowest BCUT2D eigenvalue weighted by Gasteiger charge is -2.24. The SMILES string of the molecule is C=C(C)C[C@@H](NCc1ccccc1)C(=O)N1CCCC1. The van der Waals surface area contributed by atoms with Crippen LogP contribution >= 0.6 is 0 Å². The Hall–Kier alpha value is -1.61. The second kappa shape index (κ2) is 7.25.